The minimum atomic E-state index is -0.361. The first-order valence-electron chi connectivity index (χ1n) is 7.89. The molecule has 0 aliphatic heterocycles. The second-order valence-corrected chi connectivity index (χ2v) is 6.34. The first-order chi connectivity index (χ1) is 13.0. The van der Waals surface area contributed by atoms with E-state index in [9.17, 15) is 4.79 Å². The normalized spacial score (nSPS) is 10.1. The van der Waals surface area contributed by atoms with Gasteiger partial charge >= 0.3 is 0 Å². The molecule has 0 aliphatic rings. The maximum Gasteiger partial charge on any atom is 0.257 e. The number of nitriles is 1. The molecule has 0 spiro atoms. The maximum atomic E-state index is 12.3. The van der Waals surface area contributed by atoms with Gasteiger partial charge in [0, 0.05) is 18.0 Å². The lowest BCUT2D eigenvalue weighted by Crippen LogP contribution is -2.12. The third-order valence-corrected chi connectivity index (χ3v) is 4.30. The molecule has 1 heterocycles. The Kier molecular flexibility index (Phi) is 5.92. The Bertz CT molecular complexity index is 1030. The maximum absolute atomic E-state index is 12.3. The Hall–Kier alpha value is -3.07. The van der Waals surface area contributed by atoms with E-state index in [1.165, 1.54) is 12.3 Å². The molecule has 1 N–H and O–H groups in total. The lowest BCUT2D eigenvalue weighted by molar-refractivity contribution is 0.102. The molecule has 3 rings (SSSR count). The summed E-state index contributed by atoms with van der Waals surface area (Å²) in [7, 11) is 0. The summed E-state index contributed by atoms with van der Waals surface area (Å²) >= 11 is 11.7. The van der Waals surface area contributed by atoms with Gasteiger partial charge in [-0.15, -0.1) is 0 Å². The van der Waals surface area contributed by atoms with Gasteiger partial charge in [-0.25, -0.2) is 4.98 Å². The number of halogens is 2. The van der Waals surface area contributed by atoms with Crippen molar-refractivity contribution in [1.29, 1.82) is 5.26 Å². The molecule has 0 radical (unpaired) electrons. The highest BCUT2D eigenvalue weighted by Crippen LogP contribution is 2.22. The number of amides is 1. The second-order valence-electron chi connectivity index (χ2n) is 5.58. The standard InChI is InChI=1S/C20H13Cl2N3O2/c21-18-8-15(11-24-19(18)22)20(26)25-16-5-2-6-17(9-16)27-12-14-4-1-3-13(7-14)10-23/h1-9,11H,12H2,(H,25,26). The molecule has 5 nitrogen and oxygen atoms in total. The average molecular weight is 398 g/mol. The molecule has 0 unspecified atom stereocenters. The van der Waals surface area contributed by atoms with Crippen LogP contribution in [-0.4, -0.2) is 10.9 Å². The highest BCUT2D eigenvalue weighted by atomic mass is 35.5. The number of nitrogens with one attached hydrogen (secondary N) is 1. The Morgan fingerprint density at radius 3 is 2.74 bits per heavy atom. The lowest BCUT2D eigenvalue weighted by Gasteiger charge is -2.10. The smallest absolute Gasteiger partial charge is 0.257 e. The van der Waals surface area contributed by atoms with E-state index < -0.39 is 0 Å². The molecule has 0 bridgehead atoms. The van der Waals surface area contributed by atoms with E-state index in [2.05, 4.69) is 16.4 Å². The van der Waals surface area contributed by atoms with Crippen LogP contribution >= 0.6 is 23.2 Å². The number of carbonyl (C=O) groups is 1. The van der Waals surface area contributed by atoms with Crippen molar-refractivity contribution in [2.45, 2.75) is 6.61 Å². The van der Waals surface area contributed by atoms with Crippen LogP contribution < -0.4 is 10.1 Å². The molecule has 7 heteroatoms. The monoisotopic (exact) mass is 397 g/mol. The molecular weight excluding hydrogens is 385 g/mol. The summed E-state index contributed by atoms with van der Waals surface area (Å²) in [5.41, 5.74) is 2.32. The van der Waals surface area contributed by atoms with Gasteiger partial charge in [-0.2, -0.15) is 5.26 Å². The van der Waals surface area contributed by atoms with Crippen LogP contribution in [0.25, 0.3) is 0 Å². The average Bonchev–Trinajstić information content (AvgIpc) is 2.69. The molecule has 2 aromatic carbocycles. The molecule has 0 saturated carbocycles. The summed E-state index contributed by atoms with van der Waals surface area (Å²) in [6, 6.07) is 17.7. The summed E-state index contributed by atoms with van der Waals surface area (Å²) in [5, 5.41) is 12.1. The van der Waals surface area contributed by atoms with Gasteiger partial charge in [0.2, 0.25) is 0 Å². The molecule has 0 aliphatic carbocycles. The molecule has 0 fully saturated rings. The van der Waals surface area contributed by atoms with Gasteiger partial charge in [0.25, 0.3) is 5.91 Å². The number of benzene rings is 2. The van der Waals surface area contributed by atoms with E-state index in [1.54, 1.807) is 42.5 Å². The Morgan fingerprint density at radius 1 is 1.15 bits per heavy atom. The predicted octanol–water partition coefficient (Wildman–Crippen LogP) is 5.09. The van der Waals surface area contributed by atoms with Crippen molar-refractivity contribution >= 4 is 34.8 Å². The van der Waals surface area contributed by atoms with Crippen LogP contribution in [0.4, 0.5) is 5.69 Å². The van der Waals surface area contributed by atoms with Gasteiger partial charge in [-0.1, -0.05) is 41.4 Å². The second kappa shape index (κ2) is 8.54. The van der Waals surface area contributed by atoms with Crippen molar-refractivity contribution < 1.29 is 9.53 Å². The minimum Gasteiger partial charge on any atom is -0.489 e. The molecule has 134 valence electrons. The molecule has 3 aromatic rings. The van der Waals surface area contributed by atoms with Gasteiger partial charge < -0.3 is 10.1 Å². The summed E-state index contributed by atoms with van der Waals surface area (Å²) in [6.07, 6.45) is 1.35. The van der Waals surface area contributed by atoms with E-state index in [1.807, 2.05) is 6.07 Å². The number of pyridine rings is 1. The molecule has 0 saturated heterocycles. The van der Waals surface area contributed by atoms with Crippen molar-refractivity contribution in [2.24, 2.45) is 0 Å². The van der Waals surface area contributed by atoms with Crippen LogP contribution in [0.2, 0.25) is 10.2 Å². The largest absolute Gasteiger partial charge is 0.489 e. The first kappa shape index (κ1) is 18.7. The van der Waals surface area contributed by atoms with Gasteiger partial charge in [0.15, 0.2) is 0 Å². The third-order valence-electron chi connectivity index (χ3n) is 3.61. The summed E-state index contributed by atoms with van der Waals surface area (Å²) in [5.74, 6) is 0.224. The number of anilines is 1. The Balaban J connectivity index is 1.67. The van der Waals surface area contributed by atoms with Crippen LogP contribution in [0.5, 0.6) is 5.75 Å². The Morgan fingerprint density at radius 2 is 1.96 bits per heavy atom. The van der Waals surface area contributed by atoms with Crippen LogP contribution in [0, 0.1) is 11.3 Å². The third kappa shape index (κ3) is 4.98. The zero-order valence-electron chi connectivity index (χ0n) is 13.9. The topological polar surface area (TPSA) is 75.0 Å². The van der Waals surface area contributed by atoms with E-state index in [0.29, 0.717) is 29.2 Å². The quantitative estimate of drug-likeness (QED) is 0.608. The number of hydrogen-bond acceptors (Lipinski definition) is 4. The summed E-state index contributed by atoms with van der Waals surface area (Å²) in [4.78, 5) is 16.2. The first-order valence-corrected chi connectivity index (χ1v) is 8.65. The van der Waals surface area contributed by atoms with Crippen molar-refractivity contribution in [1.82, 2.24) is 4.98 Å². The van der Waals surface area contributed by atoms with Crippen LogP contribution in [0.15, 0.2) is 60.8 Å². The van der Waals surface area contributed by atoms with Crippen molar-refractivity contribution in [3.05, 3.63) is 87.7 Å². The number of carbonyl (C=O) groups excluding carboxylic acids is 1. The number of hydrogen-bond donors (Lipinski definition) is 1. The fourth-order valence-electron chi connectivity index (χ4n) is 2.31. The van der Waals surface area contributed by atoms with Gasteiger partial charge in [0.1, 0.15) is 17.5 Å². The summed E-state index contributed by atoms with van der Waals surface area (Å²) < 4.78 is 5.74. The molecule has 27 heavy (non-hydrogen) atoms. The Labute approximate surface area is 166 Å². The molecule has 1 amide bonds. The molecule has 1 aromatic heterocycles. The SMILES string of the molecule is N#Cc1cccc(COc2cccc(NC(=O)c3cnc(Cl)c(Cl)c3)c2)c1. The fourth-order valence-corrected chi connectivity index (χ4v) is 2.58. The van der Waals surface area contributed by atoms with Crippen molar-refractivity contribution in [3.63, 3.8) is 0 Å². The van der Waals surface area contributed by atoms with E-state index in [4.69, 9.17) is 33.2 Å². The van der Waals surface area contributed by atoms with Gasteiger partial charge in [0.05, 0.1) is 22.2 Å². The fraction of sp³-hybridized carbons (Fsp3) is 0.0500. The minimum absolute atomic E-state index is 0.143. The van der Waals surface area contributed by atoms with E-state index >= 15 is 0 Å². The van der Waals surface area contributed by atoms with Gasteiger partial charge in [-0.3, -0.25) is 4.79 Å². The highest BCUT2D eigenvalue weighted by molar-refractivity contribution is 6.41. The highest BCUT2D eigenvalue weighted by Gasteiger charge is 2.10. The number of aromatic nitrogens is 1. The van der Waals surface area contributed by atoms with Crippen molar-refractivity contribution in [3.8, 4) is 11.8 Å². The summed E-state index contributed by atoms with van der Waals surface area (Å²) in [6.45, 7) is 0.309. The number of rotatable bonds is 5. The molecule has 0 atom stereocenters. The van der Waals surface area contributed by atoms with E-state index in [-0.39, 0.29) is 16.1 Å². The van der Waals surface area contributed by atoms with Crippen LogP contribution in [0.1, 0.15) is 21.5 Å². The van der Waals surface area contributed by atoms with Crippen LogP contribution in [0.3, 0.4) is 0 Å². The van der Waals surface area contributed by atoms with Gasteiger partial charge in [-0.05, 0) is 35.9 Å². The zero-order chi connectivity index (χ0) is 19.2. The van der Waals surface area contributed by atoms with Crippen molar-refractivity contribution in [2.75, 3.05) is 5.32 Å². The number of ether oxygens (including phenoxy) is 1. The number of nitrogens with zero attached hydrogens (tertiary/aromatic N) is 2. The zero-order valence-corrected chi connectivity index (χ0v) is 15.5. The van der Waals surface area contributed by atoms with Crippen LogP contribution in [-0.2, 0) is 6.61 Å². The predicted molar refractivity (Wildman–Crippen MR) is 104 cm³/mol. The molecular formula is C20H13Cl2N3O2. The lowest BCUT2D eigenvalue weighted by atomic mass is 10.1. The van der Waals surface area contributed by atoms with E-state index in [0.717, 1.165) is 5.56 Å².